The molecule has 4 heteroatoms. The van der Waals surface area contributed by atoms with Gasteiger partial charge in [-0.1, -0.05) is 0 Å². The van der Waals surface area contributed by atoms with Gasteiger partial charge in [0.1, 0.15) is 0 Å². The van der Waals surface area contributed by atoms with Crippen molar-refractivity contribution in [2.24, 2.45) is 5.73 Å². The summed E-state index contributed by atoms with van der Waals surface area (Å²) >= 11 is 0. The van der Waals surface area contributed by atoms with E-state index in [1.807, 2.05) is 0 Å². The summed E-state index contributed by atoms with van der Waals surface area (Å²) in [5.41, 5.74) is 4.68. The average molecular weight is 154 g/mol. The molecule has 1 heterocycles. The minimum Gasteiger partial charge on any atom is -0.480 e. The third-order valence-corrected chi connectivity index (χ3v) is 1.60. The van der Waals surface area contributed by atoms with E-state index in [1.54, 1.807) is 18.3 Å². The smallest absolute Gasteiger partial charge is 0.329 e. The van der Waals surface area contributed by atoms with Crippen molar-refractivity contribution in [3.63, 3.8) is 0 Å². The Balaban J connectivity index is 3.00. The van der Waals surface area contributed by atoms with Crippen LogP contribution in [0.4, 0.5) is 0 Å². The lowest BCUT2D eigenvalue weighted by atomic mass is 10.0. The molecule has 1 atom stereocenters. The fourth-order valence-electron chi connectivity index (χ4n) is 0.769. The van der Waals surface area contributed by atoms with Crippen LogP contribution in [0.5, 0.6) is 0 Å². The van der Waals surface area contributed by atoms with E-state index in [-0.39, 0.29) is 0 Å². The zero-order chi connectivity index (χ0) is 8.48. The largest absolute Gasteiger partial charge is 0.480 e. The molecule has 4 nitrogen and oxygen atoms in total. The van der Waals surface area contributed by atoms with E-state index in [0.717, 1.165) is 0 Å². The molecule has 1 aromatic rings. The molecular weight excluding hydrogens is 144 g/mol. The minimum atomic E-state index is -1.32. The number of aromatic nitrogens is 1. The highest BCUT2D eigenvalue weighted by Crippen LogP contribution is 2.14. The van der Waals surface area contributed by atoms with E-state index in [0.29, 0.717) is 5.69 Å². The number of rotatable bonds is 2. The number of carboxylic acid groups (broad SMARTS) is 1. The van der Waals surface area contributed by atoms with Gasteiger partial charge in [-0.2, -0.15) is 0 Å². The van der Waals surface area contributed by atoms with Gasteiger partial charge in [-0.3, -0.25) is 0 Å². The van der Waals surface area contributed by atoms with Crippen LogP contribution in [0, 0.1) is 0 Å². The van der Waals surface area contributed by atoms with E-state index in [2.05, 4.69) is 4.98 Å². The molecule has 60 valence electrons. The first-order valence-electron chi connectivity index (χ1n) is 3.21. The number of hydrogen-bond donors (Lipinski definition) is 3. The van der Waals surface area contributed by atoms with Gasteiger partial charge in [0.05, 0.1) is 0 Å². The first-order valence-corrected chi connectivity index (χ1v) is 3.21. The van der Waals surface area contributed by atoms with Crippen molar-refractivity contribution < 1.29 is 9.90 Å². The Morgan fingerprint density at radius 1 is 1.82 bits per heavy atom. The summed E-state index contributed by atoms with van der Waals surface area (Å²) in [5.74, 6) is -1.04. The molecule has 0 unspecified atom stereocenters. The number of hydrogen-bond acceptors (Lipinski definition) is 2. The third kappa shape index (κ3) is 1.25. The molecule has 0 fully saturated rings. The van der Waals surface area contributed by atoms with Crippen LogP contribution in [0.1, 0.15) is 12.6 Å². The number of aromatic amines is 1. The van der Waals surface area contributed by atoms with Crippen molar-refractivity contribution in [2.45, 2.75) is 12.5 Å². The standard InChI is InChI=1S/C7H10N2O2/c1-7(8,6(10)11)5-3-2-4-9-5/h2-4,9H,8H2,1H3,(H,10,11)/t7-/m1/s1. The highest BCUT2D eigenvalue weighted by molar-refractivity contribution is 5.79. The summed E-state index contributed by atoms with van der Waals surface area (Å²) in [4.78, 5) is 13.3. The average Bonchev–Trinajstić information content (AvgIpc) is 2.37. The Bertz CT molecular complexity index is 251. The molecule has 11 heavy (non-hydrogen) atoms. The van der Waals surface area contributed by atoms with Crippen molar-refractivity contribution in [1.82, 2.24) is 4.98 Å². The molecule has 0 radical (unpaired) electrons. The van der Waals surface area contributed by atoms with Gasteiger partial charge >= 0.3 is 5.97 Å². The molecule has 0 amide bonds. The van der Waals surface area contributed by atoms with Crippen molar-refractivity contribution in [2.75, 3.05) is 0 Å². The number of carboxylic acids is 1. The van der Waals surface area contributed by atoms with Gasteiger partial charge in [0, 0.05) is 11.9 Å². The third-order valence-electron chi connectivity index (χ3n) is 1.60. The van der Waals surface area contributed by atoms with Gasteiger partial charge < -0.3 is 15.8 Å². The lowest BCUT2D eigenvalue weighted by molar-refractivity contribution is -0.143. The molecule has 4 N–H and O–H groups in total. The van der Waals surface area contributed by atoms with Crippen molar-refractivity contribution in [3.8, 4) is 0 Å². The normalized spacial score (nSPS) is 15.8. The van der Waals surface area contributed by atoms with E-state index in [9.17, 15) is 4.79 Å². The van der Waals surface area contributed by atoms with E-state index in [4.69, 9.17) is 10.8 Å². The van der Waals surface area contributed by atoms with Crippen LogP contribution in [0.3, 0.4) is 0 Å². The summed E-state index contributed by atoms with van der Waals surface area (Å²) in [6, 6.07) is 3.36. The highest BCUT2D eigenvalue weighted by atomic mass is 16.4. The Hall–Kier alpha value is -1.29. The zero-order valence-corrected chi connectivity index (χ0v) is 6.16. The van der Waals surface area contributed by atoms with Crippen molar-refractivity contribution >= 4 is 5.97 Å². The van der Waals surface area contributed by atoms with Crippen molar-refractivity contribution in [3.05, 3.63) is 24.0 Å². The van der Waals surface area contributed by atoms with Gasteiger partial charge in [-0.15, -0.1) is 0 Å². The maximum atomic E-state index is 10.6. The Morgan fingerprint density at radius 2 is 2.45 bits per heavy atom. The van der Waals surface area contributed by atoms with Gasteiger partial charge in [0.15, 0.2) is 5.54 Å². The van der Waals surface area contributed by atoms with Gasteiger partial charge in [0.2, 0.25) is 0 Å². The van der Waals surface area contributed by atoms with E-state index >= 15 is 0 Å². The molecule has 1 aromatic heterocycles. The summed E-state index contributed by atoms with van der Waals surface area (Å²) in [7, 11) is 0. The molecule has 0 aliphatic carbocycles. The monoisotopic (exact) mass is 154 g/mol. The van der Waals surface area contributed by atoms with Crippen LogP contribution >= 0.6 is 0 Å². The fraction of sp³-hybridized carbons (Fsp3) is 0.286. The summed E-state index contributed by atoms with van der Waals surface area (Å²) in [6.07, 6.45) is 1.64. The first-order chi connectivity index (χ1) is 5.05. The molecule has 0 saturated heterocycles. The second-order valence-corrected chi connectivity index (χ2v) is 2.59. The Labute approximate surface area is 64.0 Å². The number of H-pyrrole nitrogens is 1. The number of nitrogens with two attached hydrogens (primary N) is 1. The first kappa shape index (κ1) is 7.81. The Morgan fingerprint density at radius 3 is 2.82 bits per heavy atom. The lowest BCUT2D eigenvalue weighted by Crippen LogP contribution is -2.41. The number of aliphatic carboxylic acids is 1. The van der Waals surface area contributed by atoms with Crippen molar-refractivity contribution in [1.29, 1.82) is 0 Å². The molecule has 0 aromatic carbocycles. The zero-order valence-electron chi connectivity index (χ0n) is 6.16. The fourth-order valence-corrected chi connectivity index (χ4v) is 0.769. The molecule has 1 rings (SSSR count). The predicted octanol–water partition coefficient (Wildman–Crippen LogP) is 0.273. The summed E-state index contributed by atoms with van der Waals surface area (Å²) in [6.45, 7) is 1.45. The quantitative estimate of drug-likeness (QED) is 0.572. The summed E-state index contributed by atoms with van der Waals surface area (Å²) in [5, 5.41) is 8.67. The second kappa shape index (κ2) is 2.39. The van der Waals surface area contributed by atoms with E-state index < -0.39 is 11.5 Å². The van der Waals surface area contributed by atoms with Gasteiger partial charge in [-0.25, -0.2) is 4.79 Å². The Kier molecular flexibility index (Phi) is 1.70. The molecule has 0 spiro atoms. The summed E-state index contributed by atoms with van der Waals surface area (Å²) < 4.78 is 0. The number of carbonyl (C=O) groups is 1. The minimum absolute atomic E-state index is 0.505. The molecule has 0 bridgehead atoms. The van der Waals surface area contributed by atoms with Gasteiger partial charge in [0.25, 0.3) is 0 Å². The second-order valence-electron chi connectivity index (χ2n) is 2.59. The van der Waals surface area contributed by atoms with E-state index in [1.165, 1.54) is 6.92 Å². The van der Waals surface area contributed by atoms with Gasteiger partial charge in [-0.05, 0) is 19.1 Å². The topological polar surface area (TPSA) is 79.1 Å². The molecule has 0 aliphatic heterocycles. The van der Waals surface area contributed by atoms with Crippen LogP contribution in [-0.2, 0) is 10.3 Å². The lowest BCUT2D eigenvalue weighted by Gasteiger charge is -2.16. The molecular formula is C7H10N2O2. The predicted molar refractivity (Wildman–Crippen MR) is 40.0 cm³/mol. The van der Waals surface area contributed by atoms with Crippen LogP contribution in [-0.4, -0.2) is 16.1 Å². The van der Waals surface area contributed by atoms with Crippen LogP contribution in [0.2, 0.25) is 0 Å². The maximum absolute atomic E-state index is 10.6. The number of nitrogens with one attached hydrogen (secondary N) is 1. The molecule has 0 aliphatic rings. The highest BCUT2D eigenvalue weighted by Gasteiger charge is 2.30. The van der Waals surface area contributed by atoms with Crippen LogP contribution in [0.15, 0.2) is 18.3 Å². The molecule has 0 saturated carbocycles. The maximum Gasteiger partial charge on any atom is 0.329 e. The van der Waals surface area contributed by atoms with Crippen LogP contribution in [0.25, 0.3) is 0 Å². The SMILES string of the molecule is C[C@](N)(C(=O)O)c1ccc[nH]1. The van der Waals surface area contributed by atoms with Crippen LogP contribution < -0.4 is 5.73 Å².